The Morgan fingerprint density at radius 3 is 2.25 bits per heavy atom. The van der Waals surface area contributed by atoms with Crippen LogP contribution in [0.3, 0.4) is 0 Å². The van der Waals surface area contributed by atoms with E-state index < -0.39 is 11.4 Å². The second-order valence-electron chi connectivity index (χ2n) is 2.42. The van der Waals surface area contributed by atoms with Crippen molar-refractivity contribution >= 4 is 5.97 Å². The molecule has 0 amide bonds. The van der Waals surface area contributed by atoms with Gasteiger partial charge in [0.25, 0.3) is 0 Å². The standard InChI is InChI=1S/C6H10O2/c1-2-6(3-4-6)5(7)8/h2-4H2,1H3,(H,7,8)/p-1. The molecule has 1 rings (SSSR count). The van der Waals surface area contributed by atoms with E-state index in [2.05, 4.69) is 0 Å². The molecule has 1 fully saturated rings. The Morgan fingerprint density at radius 2 is 2.25 bits per heavy atom. The van der Waals surface area contributed by atoms with Crippen molar-refractivity contribution in [2.24, 2.45) is 5.41 Å². The molecule has 1 saturated carbocycles. The molecule has 0 spiro atoms. The minimum Gasteiger partial charge on any atom is -0.550 e. The minimum atomic E-state index is -0.861. The fourth-order valence-corrected chi connectivity index (χ4v) is 0.853. The fraction of sp³-hybridized carbons (Fsp3) is 0.833. The van der Waals surface area contributed by atoms with Gasteiger partial charge in [0.05, 0.1) is 0 Å². The van der Waals surface area contributed by atoms with Gasteiger partial charge in [-0.2, -0.15) is 0 Å². The summed E-state index contributed by atoms with van der Waals surface area (Å²) in [5.74, 6) is -0.861. The Labute approximate surface area is 48.5 Å². The maximum absolute atomic E-state index is 10.2. The SMILES string of the molecule is CCC1(C(=O)[O-])CC1. The Bertz CT molecular complexity index is 114. The number of carboxylic acids is 1. The highest BCUT2D eigenvalue weighted by molar-refractivity contribution is 5.75. The van der Waals surface area contributed by atoms with E-state index in [1.165, 1.54) is 0 Å². The van der Waals surface area contributed by atoms with Crippen molar-refractivity contribution < 1.29 is 9.90 Å². The number of carbonyl (C=O) groups is 1. The van der Waals surface area contributed by atoms with Crippen LogP contribution in [0.4, 0.5) is 0 Å². The summed E-state index contributed by atoms with van der Waals surface area (Å²) in [6.07, 6.45) is 2.38. The average Bonchev–Trinajstić information content (AvgIpc) is 2.44. The molecule has 1 aliphatic carbocycles. The van der Waals surface area contributed by atoms with Crippen molar-refractivity contribution in [1.29, 1.82) is 0 Å². The minimum absolute atomic E-state index is 0.403. The molecule has 0 heterocycles. The molecule has 2 nitrogen and oxygen atoms in total. The molecule has 2 heteroatoms. The molecule has 0 aromatic rings. The Kier molecular flexibility index (Phi) is 1.03. The van der Waals surface area contributed by atoms with Gasteiger partial charge in [-0.1, -0.05) is 6.92 Å². The van der Waals surface area contributed by atoms with E-state index in [1.807, 2.05) is 6.92 Å². The molecule has 8 heavy (non-hydrogen) atoms. The fourth-order valence-electron chi connectivity index (χ4n) is 0.853. The van der Waals surface area contributed by atoms with E-state index in [-0.39, 0.29) is 0 Å². The van der Waals surface area contributed by atoms with Crippen molar-refractivity contribution in [3.05, 3.63) is 0 Å². The number of hydrogen-bond acceptors (Lipinski definition) is 2. The Hall–Kier alpha value is -0.530. The van der Waals surface area contributed by atoms with Gasteiger partial charge in [-0.05, 0) is 19.3 Å². The molecule has 0 aromatic heterocycles. The summed E-state index contributed by atoms with van der Waals surface area (Å²) in [6.45, 7) is 1.89. The molecule has 0 atom stereocenters. The van der Waals surface area contributed by atoms with Crippen LogP contribution in [-0.2, 0) is 4.79 Å². The second-order valence-corrected chi connectivity index (χ2v) is 2.42. The highest BCUT2D eigenvalue weighted by Crippen LogP contribution is 2.47. The summed E-state index contributed by atoms with van der Waals surface area (Å²) >= 11 is 0. The maximum atomic E-state index is 10.2. The van der Waals surface area contributed by atoms with Gasteiger partial charge in [0, 0.05) is 11.4 Å². The van der Waals surface area contributed by atoms with Crippen LogP contribution in [0.2, 0.25) is 0 Å². The molecular weight excluding hydrogens is 104 g/mol. The van der Waals surface area contributed by atoms with Gasteiger partial charge in [-0.25, -0.2) is 0 Å². The van der Waals surface area contributed by atoms with Gasteiger partial charge in [0.2, 0.25) is 0 Å². The zero-order valence-corrected chi connectivity index (χ0v) is 4.94. The molecule has 0 aliphatic heterocycles. The van der Waals surface area contributed by atoms with Crippen LogP contribution in [0.15, 0.2) is 0 Å². The van der Waals surface area contributed by atoms with Crippen LogP contribution in [0, 0.1) is 5.41 Å². The maximum Gasteiger partial charge on any atom is 0.0476 e. The highest BCUT2D eigenvalue weighted by atomic mass is 16.4. The summed E-state index contributed by atoms with van der Waals surface area (Å²) in [4.78, 5) is 10.2. The van der Waals surface area contributed by atoms with Crippen LogP contribution in [0.5, 0.6) is 0 Å². The van der Waals surface area contributed by atoms with E-state index in [1.54, 1.807) is 0 Å². The van der Waals surface area contributed by atoms with Crippen molar-refractivity contribution in [2.45, 2.75) is 26.2 Å². The number of rotatable bonds is 2. The van der Waals surface area contributed by atoms with Crippen LogP contribution < -0.4 is 5.11 Å². The lowest BCUT2D eigenvalue weighted by Gasteiger charge is -2.11. The van der Waals surface area contributed by atoms with Crippen LogP contribution in [-0.4, -0.2) is 5.97 Å². The molecule has 1 aliphatic rings. The van der Waals surface area contributed by atoms with Gasteiger partial charge in [0.1, 0.15) is 0 Å². The van der Waals surface area contributed by atoms with E-state index >= 15 is 0 Å². The highest BCUT2D eigenvalue weighted by Gasteiger charge is 2.41. The van der Waals surface area contributed by atoms with Gasteiger partial charge in [-0.15, -0.1) is 0 Å². The normalized spacial score (nSPS) is 22.6. The quantitative estimate of drug-likeness (QED) is 0.502. The van der Waals surface area contributed by atoms with Crippen molar-refractivity contribution in [3.63, 3.8) is 0 Å². The monoisotopic (exact) mass is 113 g/mol. The summed E-state index contributed by atoms with van der Waals surface area (Å²) in [7, 11) is 0. The lowest BCUT2D eigenvalue weighted by atomic mass is 10.1. The summed E-state index contributed by atoms with van der Waals surface area (Å²) in [5, 5.41) is 10.2. The topological polar surface area (TPSA) is 40.1 Å². The van der Waals surface area contributed by atoms with Crippen molar-refractivity contribution in [3.8, 4) is 0 Å². The average molecular weight is 113 g/mol. The van der Waals surface area contributed by atoms with E-state index in [9.17, 15) is 9.90 Å². The smallest absolute Gasteiger partial charge is 0.0476 e. The van der Waals surface area contributed by atoms with E-state index in [0.29, 0.717) is 0 Å². The first-order valence-electron chi connectivity index (χ1n) is 2.93. The zero-order valence-electron chi connectivity index (χ0n) is 4.94. The Morgan fingerprint density at radius 1 is 1.75 bits per heavy atom. The largest absolute Gasteiger partial charge is 0.550 e. The first kappa shape index (κ1) is 5.60. The summed E-state index contributed by atoms with van der Waals surface area (Å²) in [6, 6.07) is 0. The van der Waals surface area contributed by atoms with Gasteiger partial charge >= 0.3 is 0 Å². The van der Waals surface area contributed by atoms with Crippen LogP contribution >= 0.6 is 0 Å². The van der Waals surface area contributed by atoms with Crippen LogP contribution in [0.1, 0.15) is 26.2 Å². The van der Waals surface area contributed by atoms with Crippen LogP contribution in [0.25, 0.3) is 0 Å². The molecule has 46 valence electrons. The summed E-state index contributed by atoms with van der Waals surface area (Å²) in [5.41, 5.74) is -0.403. The molecule has 0 bridgehead atoms. The predicted octanol–water partition coefficient (Wildman–Crippen LogP) is -0.0735. The molecule has 0 radical (unpaired) electrons. The molecule has 0 unspecified atom stereocenters. The third-order valence-electron chi connectivity index (χ3n) is 1.96. The number of carboxylic acid groups (broad SMARTS) is 1. The van der Waals surface area contributed by atoms with E-state index in [0.717, 1.165) is 19.3 Å². The van der Waals surface area contributed by atoms with E-state index in [4.69, 9.17) is 0 Å². The third-order valence-corrected chi connectivity index (χ3v) is 1.96. The molecular formula is C6H9O2-. The van der Waals surface area contributed by atoms with Crippen molar-refractivity contribution in [2.75, 3.05) is 0 Å². The molecule has 0 saturated heterocycles. The van der Waals surface area contributed by atoms with Gasteiger partial charge < -0.3 is 9.90 Å². The predicted molar refractivity (Wildman–Crippen MR) is 27.0 cm³/mol. The number of carbonyl (C=O) groups excluding carboxylic acids is 1. The van der Waals surface area contributed by atoms with Gasteiger partial charge in [0.15, 0.2) is 0 Å². The van der Waals surface area contributed by atoms with Gasteiger partial charge in [-0.3, -0.25) is 0 Å². The lowest BCUT2D eigenvalue weighted by Crippen LogP contribution is -2.32. The second kappa shape index (κ2) is 1.47. The number of aliphatic carboxylic acids is 1. The number of hydrogen-bond donors (Lipinski definition) is 0. The Balaban J connectivity index is 2.53. The lowest BCUT2D eigenvalue weighted by molar-refractivity contribution is -0.313. The van der Waals surface area contributed by atoms with Crippen molar-refractivity contribution in [1.82, 2.24) is 0 Å². The first-order valence-corrected chi connectivity index (χ1v) is 2.93. The third kappa shape index (κ3) is 0.602. The molecule has 0 N–H and O–H groups in total. The first-order chi connectivity index (χ1) is 3.71. The summed E-state index contributed by atoms with van der Waals surface area (Å²) < 4.78 is 0. The zero-order chi connectivity index (χ0) is 6.20. The molecule has 0 aromatic carbocycles.